The van der Waals surface area contributed by atoms with Crippen molar-refractivity contribution >= 4 is 11.3 Å². The lowest BCUT2D eigenvalue weighted by molar-refractivity contribution is -0.0886. The summed E-state index contributed by atoms with van der Waals surface area (Å²) in [5.41, 5.74) is 3.87. The Kier molecular flexibility index (Phi) is 5.82. The van der Waals surface area contributed by atoms with Crippen LogP contribution in [0.2, 0.25) is 0 Å². The van der Waals surface area contributed by atoms with Gasteiger partial charge in [0, 0.05) is 23.3 Å². The minimum Gasteiger partial charge on any atom is -0.495 e. The molecule has 3 nitrogen and oxygen atoms in total. The summed E-state index contributed by atoms with van der Waals surface area (Å²) in [5.74, 6) is 0.927. The molecule has 1 aliphatic rings. The van der Waals surface area contributed by atoms with Crippen LogP contribution in [0.15, 0.2) is 24.3 Å². The molecule has 136 valence electrons. The molecule has 1 saturated heterocycles. The molecule has 2 aromatic rings. The van der Waals surface area contributed by atoms with Gasteiger partial charge in [-0.25, -0.2) is 0 Å². The largest absolute Gasteiger partial charge is 0.495 e. The van der Waals surface area contributed by atoms with Crippen molar-refractivity contribution in [3.05, 3.63) is 50.7 Å². The molecule has 3 rings (SSSR count). The lowest BCUT2D eigenvalue weighted by Crippen LogP contribution is -2.29. The van der Waals surface area contributed by atoms with Crippen molar-refractivity contribution in [1.29, 1.82) is 0 Å². The highest BCUT2D eigenvalue weighted by Gasteiger charge is 2.31. The molecule has 1 N–H and O–H groups in total. The molecule has 0 radical (unpaired) electrons. The number of aryl methyl sites for hydroxylation is 1. The summed E-state index contributed by atoms with van der Waals surface area (Å²) in [6, 6.07) is 8.84. The first-order chi connectivity index (χ1) is 12.0. The number of benzene rings is 1. The molecule has 1 aromatic heterocycles. The van der Waals surface area contributed by atoms with Gasteiger partial charge in [0.1, 0.15) is 5.75 Å². The zero-order valence-corrected chi connectivity index (χ0v) is 16.4. The monoisotopic (exact) mass is 360 g/mol. The van der Waals surface area contributed by atoms with Gasteiger partial charge < -0.3 is 14.6 Å². The fourth-order valence-electron chi connectivity index (χ4n) is 3.57. The smallest absolute Gasteiger partial charge is 0.138 e. The predicted octanol–water partition coefficient (Wildman–Crippen LogP) is 4.82. The van der Waals surface area contributed by atoms with Crippen molar-refractivity contribution in [2.75, 3.05) is 7.11 Å². The molecule has 0 bridgehead atoms. The molecule has 3 unspecified atom stereocenters. The van der Waals surface area contributed by atoms with E-state index in [4.69, 9.17) is 9.47 Å². The van der Waals surface area contributed by atoms with Crippen molar-refractivity contribution in [1.82, 2.24) is 0 Å². The van der Waals surface area contributed by atoms with Crippen molar-refractivity contribution < 1.29 is 14.6 Å². The van der Waals surface area contributed by atoms with Gasteiger partial charge in [-0.3, -0.25) is 0 Å². The van der Waals surface area contributed by atoms with E-state index < -0.39 is 0 Å². The predicted molar refractivity (Wildman–Crippen MR) is 103 cm³/mol. The highest BCUT2D eigenvalue weighted by molar-refractivity contribution is 7.12. The van der Waals surface area contributed by atoms with Gasteiger partial charge in [-0.1, -0.05) is 31.2 Å². The molecule has 3 atom stereocenters. The fraction of sp³-hybridized carbons (Fsp3) is 0.524. The van der Waals surface area contributed by atoms with Crippen molar-refractivity contribution in [3.63, 3.8) is 0 Å². The Morgan fingerprint density at radius 2 is 1.88 bits per heavy atom. The molecule has 4 heteroatoms. The molecule has 2 heterocycles. The maximum absolute atomic E-state index is 10.1. The van der Waals surface area contributed by atoms with E-state index in [0.29, 0.717) is 12.8 Å². The van der Waals surface area contributed by atoms with Crippen molar-refractivity contribution in [2.24, 2.45) is 0 Å². The molecule has 1 fully saturated rings. The molecule has 0 amide bonds. The lowest BCUT2D eigenvalue weighted by atomic mass is 9.99. The van der Waals surface area contributed by atoms with Gasteiger partial charge in [0.25, 0.3) is 0 Å². The number of ether oxygens (including phenoxy) is 2. The maximum atomic E-state index is 10.1. The first-order valence-corrected chi connectivity index (χ1v) is 9.90. The molecular weight excluding hydrogens is 332 g/mol. The average Bonchev–Trinajstić information content (AvgIpc) is 2.90. The SMILES string of the molecule is CCc1ccc(Cc2sc(C3CC(O)CC(C)O3)c(OC)c2C)cc1. The van der Waals surface area contributed by atoms with E-state index in [-0.39, 0.29) is 18.3 Å². The van der Waals surface area contributed by atoms with Crippen molar-refractivity contribution in [3.8, 4) is 5.75 Å². The second-order valence-electron chi connectivity index (χ2n) is 6.96. The Morgan fingerprint density at radius 1 is 1.20 bits per heavy atom. The van der Waals surface area contributed by atoms with Gasteiger partial charge in [-0.15, -0.1) is 11.3 Å². The van der Waals surface area contributed by atoms with Crippen LogP contribution in [0.4, 0.5) is 0 Å². The summed E-state index contributed by atoms with van der Waals surface area (Å²) >= 11 is 1.76. The molecule has 0 aliphatic carbocycles. The second kappa shape index (κ2) is 7.90. The van der Waals surface area contributed by atoms with E-state index in [0.717, 1.165) is 23.5 Å². The summed E-state index contributed by atoms with van der Waals surface area (Å²) in [6.45, 7) is 6.32. The second-order valence-corrected chi connectivity index (χ2v) is 8.09. The first-order valence-electron chi connectivity index (χ1n) is 9.09. The number of aliphatic hydroxyl groups is 1. The third-order valence-corrected chi connectivity index (χ3v) is 6.36. The maximum Gasteiger partial charge on any atom is 0.138 e. The van der Waals surface area contributed by atoms with Gasteiger partial charge in [-0.2, -0.15) is 0 Å². The Morgan fingerprint density at radius 3 is 2.48 bits per heavy atom. The number of aliphatic hydroxyl groups excluding tert-OH is 1. The zero-order chi connectivity index (χ0) is 18.0. The highest BCUT2D eigenvalue weighted by Crippen LogP contribution is 2.44. The topological polar surface area (TPSA) is 38.7 Å². The van der Waals surface area contributed by atoms with Crippen LogP contribution in [0.1, 0.15) is 59.2 Å². The number of hydrogen-bond acceptors (Lipinski definition) is 4. The van der Waals surface area contributed by atoms with E-state index in [1.165, 1.54) is 21.6 Å². The Hall–Kier alpha value is -1.36. The standard InChI is InChI=1S/C21H28O3S/c1-5-15-6-8-16(9-7-15)11-19-14(3)20(23-4)21(25-19)18-12-17(22)10-13(2)24-18/h6-9,13,17-18,22H,5,10-12H2,1-4H3. The minimum absolute atomic E-state index is 0.0749. The average molecular weight is 361 g/mol. The summed E-state index contributed by atoms with van der Waals surface area (Å²) < 4.78 is 11.8. The van der Waals surface area contributed by atoms with Gasteiger partial charge in [-0.05, 0) is 37.8 Å². The Labute approximate surface area is 154 Å². The summed E-state index contributed by atoms with van der Waals surface area (Å²) in [6.07, 6.45) is 3.02. The summed E-state index contributed by atoms with van der Waals surface area (Å²) in [5, 5.41) is 10.1. The quantitative estimate of drug-likeness (QED) is 0.831. The van der Waals surface area contributed by atoms with Crippen LogP contribution in [0.25, 0.3) is 0 Å². The van der Waals surface area contributed by atoms with Crippen LogP contribution in [0.5, 0.6) is 5.75 Å². The summed E-state index contributed by atoms with van der Waals surface area (Å²) in [7, 11) is 1.72. The van der Waals surface area contributed by atoms with Crippen LogP contribution in [-0.4, -0.2) is 24.4 Å². The Balaban J connectivity index is 1.86. The highest BCUT2D eigenvalue weighted by atomic mass is 32.1. The van der Waals surface area contributed by atoms with Gasteiger partial charge in [0.15, 0.2) is 0 Å². The molecule has 0 spiro atoms. The zero-order valence-electron chi connectivity index (χ0n) is 15.5. The molecule has 1 aromatic carbocycles. The van der Waals surface area contributed by atoms with Crippen LogP contribution in [0, 0.1) is 6.92 Å². The normalized spacial score (nSPS) is 23.6. The van der Waals surface area contributed by atoms with E-state index in [1.807, 2.05) is 6.92 Å². The van der Waals surface area contributed by atoms with E-state index in [9.17, 15) is 5.11 Å². The van der Waals surface area contributed by atoms with Gasteiger partial charge in [0.2, 0.25) is 0 Å². The lowest BCUT2D eigenvalue weighted by Gasteiger charge is -2.31. The third kappa shape index (κ3) is 4.08. The number of hydrogen-bond donors (Lipinski definition) is 1. The third-order valence-electron chi connectivity index (χ3n) is 4.99. The van der Waals surface area contributed by atoms with E-state index in [2.05, 4.69) is 38.1 Å². The van der Waals surface area contributed by atoms with E-state index in [1.54, 1.807) is 18.4 Å². The first kappa shape index (κ1) is 18.4. The number of thiophene rings is 1. The molecule has 25 heavy (non-hydrogen) atoms. The molecular formula is C21H28O3S. The fourth-order valence-corrected chi connectivity index (χ4v) is 4.93. The van der Waals surface area contributed by atoms with Gasteiger partial charge >= 0.3 is 0 Å². The summed E-state index contributed by atoms with van der Waals surface area (Å²) in [4.78, 5) is 2.43. The van der Waals surface area contributed by atoms with Crippen LogP contribution in [0.3, 0.4) is 0 Å². The van der Waals surface area contributed by atoms with Crippen molar-refractivity contribution in [2.45, 2.75) is 64.8 Å². The molecule has 1 aliphatic heterocycles. The number of methoxy groups -OCH3 is 1. The molecule has 0 saturated carbocycles. The van der Waals surface area contributed by atoms with E-state index >= 15 is 0 Å². The van der Waals surface area contributed by atoms with Crippen LogP contribution >= 0.6 is 11.3 Å². The van der Waals surface area contributed by atoms with Crippen LogP contribution < -0.4 is 4.74 Å². The minimum atomic E-state index is -0.300. The van der Waals surface area contributed by atoms with Crippen LogP contribution in [-0.2, 0) is 17.6 Å². The number of rotatable bonds is 5. The Bertz CT molecular complexity index is 695. The van der Waals surface area contributed by atoms with Gasteiger partial charge in [0.05, 0.1) is 30.3 Å².